The van der Waals surface area contributed by atoms with Crippen LogP contribution in [0, 0.1) is 0 Å². The average molecular weight is 272 g/mol. The number of aromatic nitrogens is 2. The minimum absolute atomic E-state index is 0.655. The minimum Gasteiger partial charge on any atom is -0.424 e. The summed E-state index contributed by atoms with van der Waals surface area (Å²) in [5, 5.41) is 7.93. The number of aryl methyl sites for hydroxylation is 1. The quantitative estimate of drug-likeness (QED) is 0.838. The topological polar surface area (TPSA) is 42.2 Å². The second-order valence-corrected chi connectivity index (χ2v) is 5.62. The van der Waals surface area contributed by atoms with Crippen molar-refractivity contribution >= 4 is 22.9 Å². The molecule has 2 aromatic heterocycles. The predicted octanol–water partition coefficient (Wildman–Crippen LogP) is 2.98. The standard InChI is InChI=1S/C11H14ClN3OS/c1-3-10-13-14-11(16-10)7-15(2)6-8-4-5-9(12)17-8/h4-5H,3,6-7H2,1-2H3. The fourth-order valence-corrected chi connectivity index (χ4v) is 2.65. The van der Waals surface area contributed by atoms with Crippen LogP contribution in [0.1, 0.15) is 23.6 Å². The van der Waals surface area contributed by atoms with E-state index in [0.29, 0.717) is 18.3 Å². The summed E-state index contributed by atoms with van der Waals surface area (Å²) in [5.74, 6) is 1.35. The van der Waals surface area contributed by atoms with E-state index in [9.17, 15) is 0 Å². The van der Waals surface area contributed by atoms with E-state index < -0.39 is 0 Å². The third-order valence-electron chi connectivity index (χ3n) is 2.27. The number of hydrogen-bond acceptors (Lipinski definition) is 5. The van der Waals surface area contributed by atoms with Crippen molar-refractivity contribution < 1.29 is 4.42 Å². The van der Waals surface area contributed by atoms with Crippen LogP contribution in [0.2, 0.25) is 4.34 Å². The van der Waals surface area contributed by atoms with E-state index in [1.54, 1.807) is 11.3 Å². The highest BCUT2D eigenvalue weighted by atomic mass is 35.5. The van der Waals surface area contributed by atoms with Gasteiger partial charge < -0.3 is 4.42 Å². The molecule has 17 heavy (non-hydrogen) atoms. The van der Waals surface area contributed by atoms with E-state index in [2.05, 4.69) is 15.1 Å². The number of thiophene rings is 1. The summed E-state index contributed by atoms with van der Waals surface area (Å²) in [6, 6.07) is 3.95. The summed E-state index contributed by atoms with van der Waals surface area (Å²) in [4.78, 5) is 3.35. The Labute approximate surface area is 109 Å². The molecule has 0 amide bonds. The second-order valence-electron chi connectivity index (χ2n) is 3.82. The maximum Gasteiger partial charge on any atom is 0.230 e. The van der Waals surface area contributed by atoms with Crippen molar-refractivity contribution in [3.05, 3.63) is 33.1 Å². The molecule has 0 saturated heterocycles. The summed E-state index contributed by atoms with van der Waals surface area (Å²) in [6.07, 6.45) is 0.775. The van der Waals surface area contributed by atoms with E-state index in [4.69, 9.17) is 16.0 Å². The highest BCUT2D eigenvalue weighted by molar-refractivity contribution is 7.16. The molecule has 2 rings (SSSR count). The molecule has 0 bridgehead atoms. The van der Waals surface area contributed by atoms with E-state index in [1.807, 2.05) is 26.1 Å². The van der Waals surface area contributed by atoms with Gasteiger partial charge in [0.25, 0.3) is 0 Å². The van der Waals surface area contributed by atoms with Crippen molar-refractivity contribution in [3.63, 3.8) is 0 Å². The van der Waals surface area contributed by atoms with Crippen LogP contribution in [0.25, 0.3) is 0 Å². The Kier molecular flexibility index (Phi) is 4.15. The molecule has 2 heterocycles. The van der Waals surface area contributed by atoms with Gasteiger partial charge in [-0.25, -0.2) is 0 Å². The van der Waals surface area contributed by atoms with E-state index in [1.165, 1.54) is 4.88 Å². The fourth-order valence-electron chi connectivity index (χ4n) is 1.48. The smallest absolute Gasteiger partial charge is 0.230 e. The lowest BCUT2D eigenvalue weighted by atomic mass is 10.4. The average Bonchev–Trinajstić information content (AvgIpc) is 2.88. The first-order valence-corrected chi connectivity index (χ1v) is 6.61. The van der Waals surface area contributed by atoms with Crippen LogP contribution in [-0.4, -0.2) is 22.1 Å². The van der Waals surface area contributed by atoms with Gasteiger partial charge in [0.15, 0.2) is 0 Å². The van der Waals surface area contributed by atoms with Crippen LogP contribution in [0.4, 0.5) is 0 Å². The SMILES string of the molecule is CCc1nnc(CN(C)Cc2ccc(Cl)s2)o1. The summed E-state index contributed by atoms with van der Waals surface area (Å²) in [7, 11) is 2.02. The van der Waals surface area contributed by atoms with Crippen molar-refractivity contribution in [2.24, 2.45) is 0 Å². The summed E-state index contributed by atoms with van der Waals surface area (Å²) in [6.45, 7) is 3.48. The number of hydrogen-bond donors (Lipinski definition) is 0. The molecule has 0 saturated carbocycles. The molecule has 0 spiro atoms. The Bertz CT molecular complexity index is 483. The van der Waals surface area contributed by atoms with Crippen molar-refractivity contribution in [1.29, 1.82) is 0 Å². The van der Waals surface area contributed by atoms with Crippen LogP contribution < -0.4 is 0 Å². The molecule has 0 fully saturated rings. The molecular weight excluding hydrogens is 258 g/mol. The van der Waals surface area contributed by atoms with Crippen molar-refractivity contribution in [2.45, 2.75) is 26.4 Å². The first-order chi connectivity index (χ1) is 8.17. The molecule has 6 heteroatoms. The van der Waals surface area contributed by atoms with E-state index in [0.717, 1.165) is 17.3 Å². The minimum atomic E-state index is 0.655. The zero-order valence-electron chi connectivity index (χ0n) is 9.81. The van der Waals surface area contributed by atoms with E-state index in [-0.39, 0.29) is 0 Å². The maximum atomic E-state index is 5.89. The molecule has 0 aliphatic carbocycles. The van der Waals surface area contributed by atoms with Crippen LogP contribution in [0.3, 0.4) is 0 Å². The normalized spacial score (nSPS) is 11.3. The zero-order chi connectivity index (χ0) is 12.3. The van der Waals surface area contributed by atoms with Gasteiger partial charge in [-0.2, -0.15) is 0 Å². The lowest BCUT2D eigenvalue weighted by Crippen LogP contribution is -2.16. The highest BCUT2D eigenvalue weighted by Gasteiger charge is 2.09. The fraction of sp³-hybridized carbons (Fsp3) is 0.455. The second kappa shape index (κ2) is 5.62. The van der Waals surface area contributed by atoms with Crippen LogP contribution in [0.5, 0.6) is 0 Å². The van der Waals surface area contributed by atoms with Gasteiger partial charge in [0, 0.05) is 17.8 Å². The van der Waals surface area contributed by atoms with Gasteiger partial charge in [-0.05, 0) is 19.2 Å². The summed E-state index contributed by atoms with van der Waals surface area (Å²) < 4.78 is 6.28. The Morgan fingerprint density at radius 1 is 1.29 bits per heavy atom. The van der Waals surface area contributed by atoms with Crippen molar-refractivity contribution in [1.82, 2.24) is 15.1 Å². The molecule has 2 aromatic rings. The molecular formula is C11H14ClN3OS. The Morgan fingerprint density at radius 2 is 2.06 bits per heavy atom. The Morgan fingerprint density at radius 3 is 2.65 bits per heavy atom. The van der Waals surface area contributed by atoms with Gasteiger partial charge >= 0.3 is 0 Å². The molecule has 0 unspecified atom stereocenters. The van der Waals surface area contributed by atoms with Crippen LogP contribution in [-0.2, 0) is 19.5 Å². The van der Waals surface area contributed by atoms with Gasteiger partial charge in [-0.3, -0.25) is 4.90 Å². The van der Waals surface area contributed by atoms with Crippen LogP contribution >= 0.6 is 22.9 Å². The van der Waals surface area contributed by atoms with Gasteiger partial charge in [-0.15, -0.1) is 21.5 Å². The van der Waals surface area contributed by atoms with Crippen molar-refractivity contribution in [3.8, 4) is 0 Å². The molecule has 0 N–H and O–H groups in total. The lowest BCUT2D eigenvalue weighted by molar-refractivity contribution is 0.279. The molecule has 0 aromatic carbocycles. The van der Waals surface area contributed by atoms with Gasteiger partial charge in [0.2, 0.25) is 11.8 Å². The Balaban J connectivity index is 1.90. The first-order valence-electron chi connectivity index (χ1n) is 5.41. The van der Waals surface area contributed by atoms with Gasteiger partial charge in [-0.1, -0.05) is 18.5 Å². The third kappa shape index (κ3) is 3.52. The number of nitrogens with zero attached hydrogens (tertiary/aromatic N) is 3. The molecule has 0 aliphatic heterocycles. The molecule has 4 nitrogen and oxygen atoms in total. The number of halogens is 1. The Hall–Kier alpha value is -0.910. The third-order valence-corrected chi connectivity index (χ3v) is 3.49. The largest absolute Gasteiger partial charge is 0.424 e. The monoisotopic (exact) mass is 271 g/mol. The summed E-state index contributed by atoms with van der Waals surface area (Å²) >= 11 is 7.48. The zero-order valence-corrected chi connectivity index (χ0v) is 11.4. The molecule has 92 valence electrons. The molecule has 0 aliphatic rings. The number of rotatable bonds is 5. The predicted molar refractivity (Wildman–Crippen MR) is 68.2 cm³/mol. The molecule has 0 atom stereocenters. The highest BCUT2D eigenvalue weighted by Crippen LogP contribution is 2.22. The first kappa shape index (κ1) is 12.5. The summed E-state index contributed by atoms with van der Waals surface area (Å²) in [5.41, 5.74) is 0. The van der Waals surface area contributed by atoms with Gasteiger partial charge in [0.1, 0.15) is 0 Å². The molecule has 0 radical (unpaired) electrons. The van der Waals surface area contributed by atoms with Crippen LogP contribution in [0.15, 0.2) is 16.5 Å². The van der Waals surface area contributed by atoms with Gasteiger partial charge in [0.05, 0.1) is 10.9 Å². The van der Waals surface area contributed by atoms with E-state index >= 15 is 0 Å². The maximum absolute atomic E-state index is 5.89. The van der Waals surface area contributed by atoms with Crippen molar-refractivity contribution in [2.75, 3.05) is 7.05 Å². The lowest BCUT2D eigenvalue weighted by Gasteiger charge is -2.12.